The number of aryl methyl sites for hydroxylation is 2. The lowest BCUT2D eigenvalue weighted by molar-refractivity contribution is 0.0942. The number of nitrogens with two attached hydrogens (primary N) is 1. The summed E-state index contributed by atoms with van der Waals surface area (Å²) in [4.78, 5) is 45.9. The van der Waals surface area contributed by atoms with Gasteiger partial charge in [-0.2, -0.15) is 0 Å². The van der Waals surface area contributed by atoms with Crippen LogP contribution in [0.2, 0.25) is 0 Å². The number of amidine groups is 1. The number of methoxy groups -OCH3 is 1. The Morgan fingerprint density at radius 1 is 0.891 bits per heavy atom. The zero-order valence-corrected chi connectivity index (χ0v) is 27.4. The number of rotatable bonds is 13. The van der Waals surface area contributed by atoms with Crippen LogP contribution in [0.4, 0.5) is 17.1 Å². The van der Waals surface area contributed by atoms with E-state index in [4.69, 9.17) is 10.5 Å². The van der Waals surface area contributed by atoms with Crippen molar-refractivity contribution in [1.82, 2.24) is 23.9 Å². The number of benzene rings is 1. The van der Waals surface area contributed by atoms with Crippen LogP contribution in [0.15, 0.2) is 66.0 Å². The van der Waals surface area contributed by atoms with Crippen molar-refractivity contribution in [3.05, 3.63) is 83.7 Å². The van der Waals surface area contributed by atoms with Gasteiger partial charge < -0.3 is 45.0 Å². The Morgan fingerprint density at radius 2 is 1.52 bits per heavy atom. The fraction of sp³-hybridized carbons (Fsp3) is 0.333. The van der Waals surface area contributed by atoms with Crippen LogP contribution < -0.4 is 26.4 Å². The third kappa shape index (κ3) is 8.24. The van der Waals surface area contributed by atoms with Gasteiger partial charge in [-0.1, -0.05) is 12.1 Å². The molecule has 3 heterocycles. The van der Waals surface area contributed by atoms with Crippen LogP contribution in [-0.4, -0.2) is 76.5 Å². The van der Waals surface area contributed by atoms with E-state index in [1.807, 2.05) is 46.1 Å². The predicted molar refractivity (Wildman–Crippen MR) is 180 cm³/mol. The van der Waals surface area contributed by atoms with Gasteiger partial charge in [0.05, 0.1) is 24.2 Å². The summed E-state index contributed by atoms with van der Waals surface area (Å²) in [5.74, 6) is -0.0165. The molecule has 5 N–H and O–H groups in total. The van der Waals surface area contributed by atoms with E-state index in [2.05, 4.69) is 25.8 Å². The smallest absolute Gasteiger partial charge is 0.272 e. The Labute approximate surface area is 269 Å². The number of aliphatic imine (C=N–C) groups is 1. The second-order valence-electron chi connectivity index (χ2n) is 11.6. The van der Waals surface area contributed by atoms with Crippen molar-refractivity contribution < 1.29 is 19.1 Å². The quantitative estimate of drug-likeness (QED) is 0.0998. The van der Waals surface area contributed by atoms with Crippen molar-refractivity contribution in [3.63, 3.8) is 0 Å². The molecule has 0 aliphatic rings. The maximum Gasteiger partial charge on any atom is 0.272 e. The Morgan fingerprint density at radius 3 is 2.20 bits per heavy atom. The molecule has 0 aliphatic carbocycles. The average molecular weight is 630 g/mol. The summed E-state index contributed by atoms with van der Waals surface area (Å²) in [5, 5.41) is 8.69. The molecule has 4 rings (SSSR count). The van der Waals surface area contributed by atoms with E-state index in [0.29, 0.717) is 52.0 Å². The van der Waals surface area contributed by atoms with Crippen molar-refractivity contribution in [2.24, 2.45) is 24.8 Å². The minimum Gasteiger partial charge on any atom is -0.497 e. The molecule has 0 saturated carbocycles. The molecule has 0 atom stereocenters. The number of nitrogens with one attached hydrogen (secondary N) is 3. The zero-order chi connectivity index (χ0) is 33.5. The fourth-order valence-corrected chi connectivity index (χ4v) is 4.91. The molecule has 0 fully saturated rings. The number of anilines is 2. The Bertz CT molecular complexity index is 1740. The average Bonchev–Trinajstić information content (AvgIpc) is 3.71. The van der Waals surface area contributed by atoms with E-state index in [9.17, 15) is 14.4 Å². The number of nitrogens with zero attached hydrogens (tertiary/aromatic N) is 5. The van der Waals surface area contributed by atoms with Crippen LogP contribution in [0.1, 0.15) is 63.3 Å². The van der Waals surface area contributed by atoms with Crippen molar-refractivity contribution in [2.75, 3.05) is 44.9 Å². The lowest BCUT2D eigenvalue weighted by Crippen LogP contribution is -2.28. The number of hydrogen-bond donors (Lipinski definition) is 4. The van der Waals surface area contributed by atoms with Crippen LogP contribution in [0.3, 0.4) is 0 Å². The monoisotopic (exact) mass is 629 g/mol. The van der Waals surface area contributed by atoms with E-state index >= 15 is 0 Å². The molecule has 13 heteroatoms. The first-order valence-electron chi connectivity index (χ1n) is 14.9. The van der Waals surface area contributed by atoms with E-state index in [1.54, 1.807) is 77.8 Å². The Hall–Kier alpha value is -5.30. The summed E-state index contributed by atoms with van der Waals surface area (Å²) in [5.41, 5.74) is 9.51. The first kappa shape index (κ1) is 33.6. The van der Waals surface area contributed by atoms with Crippen molar-refractivity contribution in [2.45, 2.75) is 26.3 Å². The van der Waals surface area contributed by atoms with E-state index in [1.165, 1.54) is 0 Å². The van der Waals surface area contributed by atoms with Gasteiger partial charge in [0.25, 0.3) is 17.7 Å². The van der Waals surface area contributed by atoms with Gasteiger partial charge in [-0.3, -0.25) is 14.4 Å². The molecule has 1 aromatic carbocycles. The predicted octanol–water partition coefficient (Wildman–Crippen LogP) is 3.98. The third-order valence-electron chi connectivity index (χ3n) is 7.30. The van der Waals surface area contributed by atoms with Gasteiger partial charge in [0.1, 0.15) is 28.7 Å². The Balaban J connectivity index is 1.46. The number of carbonyl (C=O) groups is 3. The summed E-state index contributed by atoms with van der Waals surface area (Å²) in [6.07, 6.45) is 5.94. The number of hydrogen-bond acceptors (Lipinski definition) is 6. The summed E-state index contributed by atoms with van der Waals surface area (Å²) in [6, 6.07) is 12.1. The topological polar surface area (TPSA) is 153 Å². The van der Waals surface area contributed by atoms with Crippen LogP contribution in [0.25, 0.3) is 0 Å². The van der Waals surface area contributed by atoms with Crippen molar-refractivity contribution >= 4 is 40.6 Å². The highest BCUT2D eigenvalue weighted by molar-refractivity contribution is 6.07. The normalized spacial score (nSPS) is 11.6. The molecule has 0 bridgehead atoms. The van der Waals surface area contributed by atoms with Gasteiger partial charge in [0.2, 0.25) is 0 Å². The van der Waals surface area contributed by atoms with Crippen LogP contribution in [-0.2, 0) is 14.1 Å². The second-order valence-corrected chi connectivity index (χ2v) is 11.6. The highest BCUT2D eigenvalue weighted by atomic mass is 16.5. The van der Waals surface area contributed by atoms with E-state index in [-0.39, 0.29) is 29.6 Å². The van der Waals surface area contributed by atoms with Crippen LogP contribution in [0.5, 0.6) is 5.75 Å². The third-order valence-corrected chi connectivity index (χ3v) is 7.30. The van der Waals surface area contributed by atoms with E-state index < -0.39 is 0 Å². The maximum absolute atomic E-state index is 13.4. The molecule has 0 saturated heterocycles. The van der Waals surface area contributed by atoms with E-state index in [0.717, 1.165) is 13.0 Å². The van der Waals surface area contributed by atoms with Crippen molar-refractivity contribution in [3.8, 4) is 5.75 Å². The molecule has 3 aromatic heterocycles. The van der Waals surface area contributed by atoms with Crippen molar-refractivity contribution in [1.29, 1.82) is 0 Å². The minimum atomic E-state index is -0.374. The first-order chi connectivity index (χ1) is 21.9. The summed E-state index contributed by atoms with van der Waals surface area (Å²) >= 11 is 0. The molecule has 3 amide bonds. The highest BCUT2D eigenvalue weighted by Crippen LogP contribution is 2.24. The molecular formula is C33H43N9O4. The summed E-state index contributed by atoms with van der Waals surface area (Å²) in [7, 11) is 9.04. The molecule has 0 aliphatic heterocycles. The maximum atomic E-state index is 13.4. The van der Waals surface area contributed by atoms with Gasteiger partial charge >= 0.3 is 0 Å². The molecule has 46 heavy (non-hydrogen) atoms. The standard InChI is InChI=1S/C33H43N9O4/c1-21(2)42-20-25(17-29(42)33(45)37-24-16-27(40(5)19-24)31(43)35-12-9-13-39(3)4)38-32(44)28-15-23(18-41(28)6)36-30(34)22-10-8-11-26(14-22)46-7/h8,10-11,14-21H,9,12-13H2,1-7H3,(H2,34,36)(H,35,43)(H,37,45)(H,38,44). The lowest BCUT2D eigenvalue weighted by Gasteiger charge is -2.12. The first-order valence-corrected chi connectivity index (χ1v) is 14.9. The lowest BCUT2D eigenvalue weighted by atomic mass is 10.2. The largest absolute Gasteiger partial charge is 0.497 e. The number of ether oxygens (including phenoxy) is 1. The molecule has 244 valence electrons. The highest BCUT2D eigenvalue weighted by Gasteiger charge is 2.20. The van der Waals surface area contributed by atoms with Gasteiger partial charge in [-0.15, -0.1) is 0 Å². The van der Waals surface area contributed by atoms with Gasteiger partial charge in [0.15, 0.2) is 0 Å². The van der Waals surface area contributed by atoms with Gasteiger partial charge in [-0.05, 0) is 71.2 Å². The zero-order valence-electron chi connectivity index (χ0n) is 27.4. The number of aromatic nitrogens is 3. The fourth-order valence-electron chi connectivity index (χ4n) is 4.91. The molecule has 0 radical (unpaired) electrons. The second kappa shape index (κ2) is 14.7. The minimum absolute atomic E-state index is 0.0683. The van der Waals surface area contributed by atoms with Crippen LogP contribution in [0, 0.1) is 0 Å². The molecule has 0 spiro atoms. The SMILES string of the molecule is COc1cccc(C(N)=Nc2cc(C(=O)Nc3cc(C(=O)Nc4cc(C(=O)NCCCN(C)C)n(C)c4)n(C(C)C)c3)n(C)c2)c1. The van der Waals surface area contributed by atoms with Gasteiger partial charge in [-0.25, -0.2) is 4.99 Å². The molecule has 4 aromatic rings. The summed E-state index contributed by atoms with van der Waals surface area (Å²) < 4.78 is 10.4. The summed E-state index contributed by atoms with van der Waals surface area (Å²) in [6.45, 7) is 5.30. The number of amides is 3. The van der Waals surface area contributed by atoms with Gasteiger partial charge in [0, 0.05) is 50.8 Å². The Kier molecular flexibility index (Phi) is 10.7. The van der Waals surface area contributed by atoms with Crippen LogP contribution >= 0.6 is 0 Å². The molecule has 13 nitrogen and oxygen atoms in total. The molecular weight excluding hydrogens is 586 g/mol. The number of carbonyl (C=O) groups excluding carboxylic acids is 3. The molecule has 0 unspecified atom stereocenters.